The van der Waals surface area contributed by atoms with Crippen molar-refractivity contribution >= 4 is 37.5 Å². The van der Waals surface area contributed by atoms with E-state index in [1.165, 1.54) is 13.2 Å². The molecule has 9 heteroatoms. The summed E-state index contributed by atoms with van der Waals surface area (Å²) in [6.07, 6.45) is 1.43. The Hall–Kier alpha value is -1.71. The van der Waals surface area contributed by atoms with Crippen molar-refractivity contribution in [2.75, 3.05) is 18.9 Å². The standard InChI is InChI=1S/C15H19BrN4O3S/c1-10-7-12(16)5-6-13(10)18-14(21)8-20(4)24(22,23)15-9-19(3)11(2)17-15/h5-7,9H,8H2,1-4H3,(H,18,21). The number of likely N-dealkylation sites (N-methyl/N-ethyl adjacent to an activating group) is 1. The van der Waals surface area contributed by atoms with Gasteiger partial charge in [-0.2, -0.15) is 4.31 Å². The number of amides is 1. The van der Waals surface area contributed by atoms with Gasteiger partial charge in [0.15, 0.2) is 5.03 Å². The van der Waals surface area contributed by atoms with E-state index in [1.807, 2.05) is 13.0 Å². The molecule has 0 atom stereocenters. The molecule has 0 saturated carbocycles. The summed E-state index contributed by atoms with van der Waals surface area (Å²) in [6, 6.07) is 5.43. The number of carbonyl (C=O) groups is 1. The molecule has 0 aliphatic rings. The zero-order valence-corrected chi connectivity index (χ0v) is 16.3. The first-order valence-electron chi connectivity index (χ1n) is 7.13. The van der Waals surface area contributed by atoms with Crippen molar-refractivity contribution in [1.82, 2.24) is 13.9 Å². The number of benzene rings is 1. The lowest BCUT2D eigenvalue weighted by Crippen LogP contribution is -2.35. The molecule has 0 aliphatic carbocycles. The maximum atomic E-state index is 12.5. The second-order valence-electron chi connectivity index (χ2n) is 5.51. The normalized spacial score (nSPS) is 11.8. The van der Waals surface area contributed by atoms with Crippen LogP contribution in [0.2, 0.25) is 0 Å². The summed E-state index contributed by atoms with van der Waals surface area (Å²) in [5.41, 5.74) is 1.52. The summed E-state index contributed by atoms with van der Waals surface area (Å²) in [6.45, 7) is 3.27. The van der Waals surface area contributed by atoms with Gasteiger partial charge in [-0.3, -0.25) is 4.79 Å². The Kier molecular flexibility index (Phi) is 5.46. The van der Waals surface area contributed by atoms with Crippen LogP contribution in [-0.4, -0.2) is 41.8 Å². The number of aryl methyl sites for hydroxylation is 3. The second-order valence-corrected chi connectivity index (χ2v) is 8.41. The van der Waals surface area contributed by atoms with Crippen LogP contribution in [0.1, 0.15) is 11.4 Å². The number of hydrogen-bond donors (Lipinski definition) is 1. The van der Waals surface area contributed by atoms with Crippen LogP contribution >= 0.6 is 15.9 Å². The van der Waals surface area contributed by atoms with Crippen LogP contribution in [0, 0.1) is 13.8 Å². The summed E-state index contributed by atoms with van der Waals surface area (Å²) in [5, 5.41) is 2.65. The molecule has 24 heavy (non-hydrogen) atoms. The molecule has 0 aliphatic heterocycles. The Morgan fingerprint density at radius 1 is 1.38 bits per heavy atom. The summed E-state index contributed by atoms with van der Waals surface area (Å²) < 4.78 is 28.4. The molecule has 130 valence electrons. The first-order valence-corrected chi connectivity index (χ1v) is 9.37. The van der Waals surface area contributed by atoms with Gasteiger partial charge in [-0.25, -0.2) is 13.4 Å². The van der Waals surface area contributed by atoms with E-state index in [1.54, 1.807) is 30.7 Å². The van der Waals surface area contributed by atoms with Crippen LogP contribution in [0.5, 0.6) is 0 Å². The van der Waals surface area contributed by atoms with E-state index in [4.69, 9.17) is 0 Å². The van der Waals surface area contributed by atoms with Crippen molar-refractivity contribution in [3.05, 3.63) is 40.3 Å². The fourth-order valence-corrected chi connectivity index (χ4v) is 3.68. The third kappa shape index (κ3) is 4.03. The van der Waals surface area contributed by atoms with Gasteiger partial charge in [-0.05, 0) is 37.6 Å². The number of nitrogens with one attached hydrogen (secondary N) is 1. The minimum Gasteiger partial charge on any atom is -0.337 e. The van der Waals surface area contributed by atoms with Gasteiger partial charge in [0, 0.05) is 30.5 Å². The van der Waals surface area contributed by atoms with Crippen LogP contribution in [-0.2, 0) is 21.9 Å². The van der Waals surface area contributed by atoms with Crippen molar-refractivity contribution in [3.8, 4) is 0 Å². The van der Waals surface area contributed by atoms with Crippen molar-refractivity contribution < 1.29 is 13.2 Å². The SMILES string of the molecule is Cc1cc(Br)ccc1NC(=O)CN(C)S(=O)(=O)c1cn(C)c(C)n1. The first kappa shape index (κ1) is 18.6. The highest BCUT2D eigenvalue weighted by Gasteiger charge is 2.26. The van der Waals surface area contributed by atoms with Gasteiger partial charge in [0.05, 0.1) is 6.54 Å². The van der Waals surface area contributed by atoms with Gasteiger partial charge in [0.25, 0.3) is 10.0 Å². The molecule has 1 aromatic carbocycles. The molecule has 1 aromatic heterocycles. The average molecular weight is 415 g/mol. The second kappa shape index (κ2) is 7.04. The smallest absolute Gasteiger partial charge is 0.262 e. The van der Waals surface area contributed by atoms with Gasteiger partial charge in [-0.1, -0.05) is 15.9 Å². The minimum atomic E-state index is -3.81. The highest BCUT2D eigenvalue weighted by atomic mass is 79.9. The summed E-state index contributed by atoms with van der Waals surface area (Å²) in [4.78, 5) is 16.2. The molecule has 0 fully saturated rings. The molecular weight excluding hydrogens is 396 g/mol. The van der Waals surface area contributed by atoms with E-state index in [9.17, 15) is 13.2 Å². The zero-order chi connectivity index (χ0) is 18.1. The molecule has 0 saturated heterocycles. The van der Waals surface area contributed by atoms with Crippen molar-refractivity contribution in [2.24, 2.45) is 7.05 Å². The molecule has 0 unspecified atom stereocenters. The first-order chi connectivity index (χ1) is 11.1. The maximum Gasteiger partial charge on any atom is 0.262 e. The fourth-order valence-electron chi connectivity index (χ4n) is 2.05. The summed E-state index contributed by atoms with van der Waals surface area (Å²) in [7, 11) is -0.745. The lowest BCUT2D eigenvalue weighted by molar-refractivity contribution is -0.116. The van der Waals surface area contributed by atoms with Crippen molar-refractivity contribution in [1.29, 1.82) is 0 Å². The molecular formula is C15H19BrN4O3S. The number of rotatable bonds is 5. The van der Waals surface area contributed by atoms with Crippen LogP contribution in [0.4, 0.5) is 5.69 Å². The average Bonchev–Trinajstić information content (AvgIpc) is 2.82. The van der Waals surface area contributed by atoms with Gasteiger partial charge in [-0.15, -0.1) is 0 Å². The Balaban J connectivity index is 2.10. The quantitative estimate of drug-likeness (QED) is 0.811. The number of carbonyl (C=O) groups excluding carboxylic acids is 1. The Labute approximate surface area is 149 Å². The highest BCUT2D eigenvalue weighted by molar-refractivity contribution is 9.10. The van der Waals surface area contributed by atoms with E-state index in [2.05, 4.69) is 26.2 Å². The largest absolute Gasteiger partial charge is 0.337 e. The predicted molar refractivity (Wildman–Crippen MR) is 95.3 cm³/mol. The monoisotopic (exact) mass is 414 g/mol. The molecule has 0 radical (unpaired) electrons. The number of nitrogens with zero attached hydrogens (tertiary/aromatic N) is 3. The molecule has 1 amide bonds. The lowest BCUT2D eigenvalue weighted by Gasteiger charge is -2.16. The molecule has 0 spiro atoms. The van der Waals surface area contributed by atoms with E-state index in [0.29, 0.717) is 11.5 Å². The predicted octanol–water partition coefficient (Wildman–Crippen LogP) is 2.06. The van der Waals surface area contributed by atoms with Gasteiger partial charge in [0.2, 0.25) is 5.91 Å². The van der Waals surface area contributed by atoms with Crippen LogP contribution in [0.3, 0.4) is 0 Å². The summed E-state index contributed by atoms with van der Waals surface area (Å²) in [5.74, 6) is 0.163. The molecule has 7 nitrogen and oxygen atoms in total. The number of anilines is 1. The molecule has 1 heterocycles. The Morgan fingerprint density at radius 2 is 2.04 bits per heavy atom. The molecule has 0 bridgehead atoms. The summed E-state index contributed by atoms with van der Waals surface area (Å²) >= 11 is 3.35. The molecule has 2 aromatic rings. The van der Waals surface area contributed by atoms with E-state index < -0.39 is 15.9 Å². The lowest BCUT2D eigenvalue weighted by atomic mass is 10.2. The van der Waals surface area contributed by atoms with Crippen molar-refractivity contribution in [2.45, 2.75) is 18.9 Å². The maximum absolute atomic E-state index is 12.5. The van der Waals surface area contributed by atoms with Crippen LogP contribution in [0.25, 0.3) is 0 Å². The van der Waals surface area contributed by atoms with Gasteiger partial charge >= 0.3 is 0 Å². The number of hydrogen-bond acceptors (Lipinski definition) is 4. The number of halogens is 1. The number of aromatic nitrogens is 2. The Bertz CT molecular complexity index is 857. The fraction of sp³-hybridized carbons (Fsp3) is 0.333. The van der Waals surface area contributed by atoms with E-state index in [-0.39, 0.29) is 11.6 Å². The highest BCUT2D eigenvalue weighted by Crippen LogP contribution is 2.20. The van der Waals surface area contributed by atoms with Gasteiger partial charge in [0.1, 0.15) is 5.82 Å². The number of sulfonamides is 1. The van der Waals surface area contributed by atoms with Gasteiger partial charge < -0.3 is 9.88 Å². The molecule has 2 rings (SSSR count). The number of imidazole rings is 1. The topological polar surface area (TPSA) is 84.3 Å². The van der Waals surface area contributed by atoms with E-state index >= 15 is 0 Å². The molecule has 1 N–H and O–H groups in total. The van der Waals surface area contributed by atoms with Crippen LogP contribution < -0.4 is 5.32 Å². The Morgan fingerprint density at radius 3 is 2.58 bits per heavy atom. The minimum absolute atomic E-state index is 0.0716. The van der Waals surface area contributed by atoms with Crippen molar-refractivity contribution in [3.63, 3.8) is 0 Å². The van der Waals surface area contributed by atoms with E-state index in [0.717, 1.165) is 14.3 Å². The zero-order valence-electron chi connectivity index (χ0n) is 13.9. The van der Waals surface area contributed by atoms with Crippen LogP contribution in [0.15, 0.2) is 33.9 Å². The third-order valence-corrected chi connectivity index (χ3v) is 5.76. The third-order valence-electron chi connectivity index (χ3n) is 3.59.